The average molecular weight is 303 g/mol. The van der Waals surface area contributed by atoms with Gasteiger partial charge in [0.25, 0.3) is 0 Å². The van der Waals surface area contributed by atoms with Crippen LogP contribution in [0.25, 0.3) is 0 Å². The summed E-state index contributed by atoms with van der Waals surface area (Å²) in [6.07, 6.45) is 3.31. The Morgan fingerprint density at radius 3 is 2.84 bits per heavy atom. The van der Waals surface area contributed by atoms with Gasteiger partial charge in [0.1, 0.15) is 0 Å². The first-order chi connectivity index (χ1) is 8.75. The predicted octanol–water partition coefficient (Wildman–Crippen LogP) is 1.89. The summed E-state index contributed by atoms with van der Waals surface area (Å²) in [7, 11) is 0. The number of amides is 1. The van der Waals surface area contributed by atoms with Gasteiger partial charge in [-0.25, -0.2) is 0 Å². The fourth-order valence-electron chi connectivity index (χ4n) is 2.65. The number of ether oxygens (including phenoxy) is 1. The minimum Gasteiger partial charge on any atom is -0.381 e. The number of rotatable bonds is 4. The Hall–Kier alpha value is -0.620. The third-order valence-corrected chi connectivity index (χ3v) is 4.81. The molecule has 0 unspecified atom stereocenters. The van der Waals surface area contributed by atoms with Crippen molar-refractivity contribution in [2.24, 2.45) is 5.73 Å². The van der Waals surface area contributed by atoms with Crippen molar-refractivity contribution >= 4 is 29.7 Å². The monoisotopic (exact) mass is 302 g/mol. The largest absolute Gasteiger partial charge is 0.381 e. The molecule has 1 amide bonds. The number of carbonyl (C=O) groups excluding carboxylic acids is 1. The molecule has 1 saturated carbocycles. The Morgan fingerprint density at radius 1 is 1.42 bits per heavy atom. The van der Waals surface area contributed by atoms with Crippen LogP contribution in [0.5, 0.6) is 0 Å². The summed E-state index contributed by atoms with van der Waals surface area (Å²) >= 11 is 1.65. The van der Waals surface area contributed by atoms with Crippen molar-refractivity contribution in [1.82, 2.24) is 5.32 Å². The molecule has 0 spiro atoms. The molecule has 106 valence electrons. The lowest BCUT2D eigenvalue weighted by Crippen LogP contribution is -2.36. The van der Waals surface area contributed by atoms with Crippen LogP contribution in [0, 0.1) is 0 Å². The highest BCUT2D eigenvalue weighted by Gasteiger charge is 2.42. The van der Waals surface area contributed by atoms with Gasteiger partial charge in [-0.3, -0.25) is 4.79 Å². The number of nitrogens with one attached hydrogen (secondary N) is 1. The van der Waals surface area contributed by atoms with Crippen LogP contribution >= 0.6 is 23.7 Å². The normalized spacial score (nSPS) is 26.7. The molecule has 1 aromatic rings. The lowest BCUT2D eigenvalue weighted by atomic mass is 10.1. The molecule has 0 radical (unpaired) electrons. The molecule has 3 N–H and O–H groups in total. The standard InChI is InChI=1S/C13H18N2O2S.ClH/c14-13(16)9-3-6-18-12(9)10-7-11(10)15-8-1-4-17-5-2-8;/h3,6,8,10-11,15H,1-2,4-5,7H2,(H2,14,16);1H/t10-,11-;/m1./s1. The minimum absolute atomic E-state index is 0. The quantitative estimate of drug-likeness (QED) is 0.893. The number of carbonyl (C=O) groups is 1. The number of hydrogen-bond acceptors (Lipinski definition) is 4. The molecule has 2 heterocycles. The maximum absolute atomic E-state index is 11.3. The van der Waals surface area contributed by atoms with Crippen LogP contribution in [0.1, 0.15) is 40.4 Å². The van der Waals surface area contributed by atoms with E-state index in [1.165, 1.54) is 0 Å². The van der Waals surface area contributed by atoms with E-state index in [-0.39, 0.29) is 18.3 Å². The summed E-state index contributed by atoms with van der Waals surface area (Å²) in [5.41, 5.74) is 6.09. The summed E-state index contributed by atoms with van der Waals surface area (Å²) in [6, 6.07) is 2.93. The van der Waals surface area contributed by atoms with Crippen LogP contribution in [0.15, 0.2) is 11.4 Å². The molecule has 4 nitrogen and oxygen atoms in total. The van der Waals surface area contributed by atoms with Crippen molar-refractivity contribution in [3.8, 4) is 0 Å². The van der Waals surface area contributed by atoms with Crippen LogP contribution in [-0.4, -0.2) is 31.2 Å². The fourth-order valence-corrected chi connectivity index (χ4v) is 3.73. The molecule has 0 bridgehead atoms. The van der Waals surface area contributed by atoms with Gasteiger partial charge in [0.05, 0.1) is 5.56 Å². The molecule has 6 heteroatoms. The number of hydrogen-bond donors (Lipinski definition) is 2. The zero-order valence-corrected chi connectivity index (χ0v) is 12.3. The van der Waals surface area contributed by atoms with Gasteiger partial charge in [-0.05, 0) is 30.7 Å². The van der Waals surface area contributed by atoms with E-state index < -0.39 is 0 Å². The third kappa shape index (κ3) is 3.28. The SMILES string of the molecule is Cl.NC(=O)c1ccsc1[C@@H]1C[C@H]1NC1CCOCC1. The lowest BCUT2D eigenvalue weighted by Gasteiger charge is -2.23. The first kappa shape index (κ1) is 14.8. The van der Waals surface area contributed by atoms with E-state index in [1.54, 1.807) is 11.3 Å². The highest BCUT2D eigenvalue weighted by atomic mass is 35.5. The highest BCUT2D eigenvalue weighted by molar-refractivity contribution is 7.10. The van der Waals surface area contributed by atoms with Gasteiger partial charge in [-0.2, -0.15) is 0 Å². The Labute approximate surface area is 123 Å². The second-order valence-electron chi connectivity index (χ2n) is 5.06. The number of primary amides is 1. The van der Waals surface area contributed by atoms with Crippen LogP contribution in [0.3, 0.4) is 0 Å². The highest BCUT2D eigenvalue weighted by Crippen LogP contribution is 2.45. The molecule has 3 rings (SSSR count). The van der Waals surface area contributed by atoms with Gasteiger partial charge in [0.15, 0.2) is 0 Å². The van der Waals surface area contributed by atoms with Crippen LogP contribution in [-0.2, 0) is 4.74 Å². The number of thiophene rings is 1. The van der Waals surface area contributed by atoms with Crippen LogP contribution < -0.4 is 11.1 Å². The fraction of sp³-hybridized carbons (Fsp3) is 0.615. The Bertz CT molecular complexity index is 446. The molecule has 2 aliphatic rings. The van der Waals surface area contributed by atoms with Gasteiger partial charge in [0.2, 0.25) is 5.91 Å². The zero-order chi connectivity index (χ0) is 12.5. The maximum atomic E-state index is 11.3. The molecule has 2 atom stereocenters. The Balaban J connectivity index is 0.00000133. The minimum atomic E-state index is -0.303. The van der Waals surface area contributed by atoms with Gasteiger partial charge < -0.3 is 15.8 Å². The van der Waals surface area contributed by atoms with E-state index in [2.05, 4.69) is 5.32 Å². The van der Waals surface area contributed by atoms with Gasteiger partial charge in [-0.15, -0.1) is 23.7 Å². The van der Waals surface area contributed by atoms with Crippen molar-refractivity contribution in [3.05, 3.63) is 21.9 Å². The van der Waals surface area contributed by atoms with E-state index in [1.807, 2.05) is 11.4 Å². The molecule has 1 aliphatic heterocycles. The molecule has 1 aliphatic carbocycles. The van der Waals surface area contributed by atoms with Gasteiger partial charge in [-0.1, -0.05) is 0 Å². The summed E-state index contributed by atoms with van der Waals surface area (Å²) in [6.45, 7) is 1.72. The lowest BCUT2D eigenvalue weighted by molar-refractivity contribution is 0.0774. The second kappa shape index (κ2) is 6.22. The van der Waals surface area contributed by atoms with Crippen molar-refractivity contribution in [3.63, 3.8) is 0 Å². The molecule has 1 aromatic heterocycles. The van der Waals surface area contributed by atoms with E-state index in [0.29, 0.717) is 23.6 Å². The molecular weight excluding hydrogens is 284 g/mol. The predicted molar refractivity (Wildman–Crippen MR) is 78.2 cm³/mol. The van der Waals surface area contributed by atoms with E-state index >= 15 is 0 Å². The topological polar surface area (TPSA) is 64.4 Å². The smallest absolute Gasteiger partial charge is 0.249 e. The maximum Gasteiger partial charge on any atom is 0.249 e. The average Bonchev–Trinajstić information content (AvgIpc) is 2.94. The Kier molecular flexibility index (Phi) is 4.84. The van der Waals surface area contributed by atoms with E-state index in [0.717, 1.165) is 37.4 Å². The first-order valence-corrected chi connectivity index (χ1v) is 7.34. The number of halogens is 1. The molecular formula is C13H19ClN2O2S. The van der Waals surface area contributed by atoms with Crippen molar-refractivity contribution in [1.29, 1.82) is 0 Å². The Morgan fingerprint density at radius 2 is 2.16 bits per heavy atom. The van der Waals surface area contributed by atoms with Gasteiger partial charge in [0, 0.05) is 36.1 Å². The second-order valence-corrected chi connectivity index (χ2v) is 6.01. The van der Waals surface area contributed by atoms with Crippen LogP contribution in [0.4, 0.5) is 0 Å². The summed E-state index contributed by atoms with van der Waals surface area (Å²) in [5, 5.41) is 5.63. The summed E-state index contributed by atoms with van der Waals surface area (Å²) in [5.74, 6) is 0.179. The van der Waals surface area contributed by atoms with Crippen molar-refractivity contribution in [2.75, 3.05) is 13.2 Å². The summed E-state index contributed by atoms with van der Waals surface area (Å²) in [4.78, 5) is 12.5. The van der Waals surface area contributed by atoms with Crippen molar-refractivity contribution in [2.45, 2.75) is 37.3 Å². The number of nitrogens with two attached hydrogens (primary N) is 1. The first-order valence-electron chi connectivity index (χ1n) is 6.46. The zero-order valence-electron chi connectivity index (χ0n) is 10.6. The third-order valence-electron chi connectivity index (χ3n) is 3.76. The molecule has 1 saturated heterocycles. The van der Waals surface area contributed by atoms with Crippen LogP contribution in [0.2, 0.25) is 0 Å². The van der Waals surface area contributed by atoms with Crippen molar-refractivity contribution < 1.29 is 9.53 Å². The molecule has 2 fully saturated rings. The molecule has 19 heavy (non-hydrogen) atoms. The van der Waals surface area contributed by atoms with E-state index in [9.17, 15) is 4.79 Å². The summed E-state index contributed by atoms with van der Waals surface area (Å²) < 4.78 is 5.35. The van der Waals surface area contributed by atoms with Gasteiger partial charge >= 0.3 is 0 Å². The molecule has 0 aromatic carbocycles. The van der Waals surface area contributed by atoms with E-state index in [4.69, 9.17) is 10.5 Å².